The third kappa shape index (κ3) is 4.43. The zero-order chi connectivity index (χ0) is 15.1. The number of pyridine rings is 1. The Balaban J connectivity index is 1.91. The highest BCUT2D eigenvalue weighted by atomic mass is 16.3. The van der Waals surface area contributed by atoms with Crippen molar-refractivity contribution >= 4 is 16.8 Å². The second kappa shape index (κ2) is 7.59. The first-order valence-electron chi connectivity index (χ1n) is 7.18. The molecule has 1 atom stereocenters. The molecule has 1 heterocycles. The molecule has 2 aromatic rings. The average molecular weight is 287 g/mol. The van der Waals surface area contributed by atoms with E-state index in [1.165, 1.54) is 0 Å². The van der Waals surface area contributed by atoms with Crippen LogP contribution in [0.4, 0.5) is 4.79 Å². The summed E-state index contributed by atoms with van der Waals surface area (Å²) in [4.78, 5) is 16.1. The Kier molecular flexibility index (Phi) is 5.51. The number of aliphatic hydroxyl groups is 1. The Morgan fingerprint density at radius 3 is 2.95 bits per heavy atom. The molecule has 3 N–H and O–H groups in total. The van der Waals surface area contributed by atoms with Gasteiger partial charge in [-0.05, 0) is 31.2 Å². The van der Waals surface area contributed by atoms with E-state index in [2.05, 4.69) is 15.6 Å². The Morgan fingerprint density at radius 1 is 1.33 bits per heavy atom. The Morgan fingerprint density at radius 2 is 2.14 bits per heavy atom. The monoisotopic (exact) mass is 287 g/mol. The quantitative estimate of drug-likeness (QED) is 0.762. The summed E-state index contributed by atoms with van der Waals surface area (Å²) in [6.07, 6.45) is 3.20. The lowest BCUT2D eigenvalue weighted by atomic mass is 10.1. The molecule has 0 fully saturated rings. The van der Waals surface area contributed by atoms with E-state index in [0.29, 0.717) is 13.0 Å². The molecule has 0 spiro atoms. The van der Waals surface area contributed by atoms with Crippen LogP contribution in [0.25, 0.3) is 10.8 Å². The first-order chi connectivity index (χ1) is 10.2. The molecular formula is C16H21N3O2. The molecule has 2 rings (SSSR count). The van der Waals surface area contributed by atoms with Crippen LogP contribution < -0.4 is 10.6 Å². The standard InChI is InChI=1S/C16H21N3O2/c1-12(5-4-10-20)19-16(21)18-11-15-14-7-3-2-6-13(14)8-9-17-15/h2-3,6-9,12,20H,4-5,10-11H2,1H3,(H2,18,19,21). The topological polar surface area (TPSA) is 74.2 Å². The molecule has 0 saturated carbocycles. The number of carbonyl (C=O) groups excluding carboxylic acids is 1. The van der Waals surface area contributed by atoms with Crippen LogP contribution in [0.15, 0.2) is 36.5 Å². The maximum atomic E-state index is 11.8. The molecule has 0 bridgehead atoms. The van der Waals surface area contributed by atoms with Gasteiger partial charge in [-0.2, -0.15) is 0 Å². The second-order valence-electron chi connectivity index (χ2n) is 5.07. The van der Waals surface area contributed by atoms with Gasteiger partial charge >= 0.3 is 6.03 Å². The Labute approximate surface area is 124 Å². The van der Waals surface area contributed by atoms with Crippen molar-refractivity contribution in [2.24, 2.45) is 0 Å². The fourth-order valence-corrected chi connectivity index (χ4v) is 2.23. The van der Waals surface area contributed by atoms with E-state index in [0.717, 1.165) is 22.9 Å². The van der Waals surface area contributed by atoms with Crippen LogP contribution in [0.1, 0.15) is 25.5 Å². The Hall–Kier alpha value is -2.14. The molecule has 0 aliphatic rings. The average Bonchev–Trinajstić information content (AvgIpc) is 2.51. The zero-order valence-corrected chi connectivity index (χ0v) is 12.2. The number of carbonyl (C=O) groups is 1. The van der Waals surface area contributed by atoms with Gasteiger partial charge in [-0.25, -0.2) is 4.79 Å². The van der Waals surface area contributed by atoms with E-state index >= 15 is 0 Å². The number of nitrogens with zero attached hydrogens (tertiary/aromatic N) is 1. The van der Waals surface area contributed by atoms with Crippen LogP contribution >= 0.6 is 0 Å². The van der Waals surface area contributed by atoms with Gasteiger partial charge in [-0.1, -0.05) is 24.3 Å². The van der Waals surface area contributed by atoms with E-state index in [9.17, 15) is 4.79 Å². The van der Waals surface area contributed by atoms with Gasteiger partial charge in [0.2, 0.25) is 0 Å². The molecule has 0 aliphatic heterocycles. The molecule has 2 amide bonds. The van der Waals surface area contributed by atoms with Crippen LogP contribution in [-0.4, -0.2) is 28.8 Å². The molecule has 0 aliphatic carbocycles. The normalized spacial score (nSPS) is 12.1. The third-order valence-corrected chi connectivity index (χ3v) is 3.35. The fraction of sp³-hybridized carbons (Fsp3) is 0.375. The van der Waals surface area contributed by atoms with Gasteiger partial charge in [0.25, 0.3) is 0 Å². The fourth-order valence-electron chi connectivity index (χ4n) is 2.23. The minimum Gasteiger partial charge on any atom is -0.396 e. The second-order valence-corrected chi connectivity index (χ2v) is 5.07. The molecule has 21 heavy (non-hydrogen) atoms. The van der Waals surface area contributed by atoms with Crippen molar-refractivity contribution in [1.82, 2.24) is 15.6 Å². The van der Waals surface area contributed by atoms with Crippen molar-refractivity contribution in [3.8, 4) is 0 Å². The van der Waals surface area contributed by atoms with E-state index < -0.39 is 0 Å². The highest BCUT2D eigenvalue weighted by molar-refractivity contribution is 5.84. The highest BCUT2D eigenvalue weighted by Crippen LogP contribution is 2.15. The number of hydrogen-bond donors (Lipinski definition) is 3. The van der Waals surface area contributed by atoms with E-state index in [1.54, 1.807) is 6.20 Å². The molecule has 5 heteroatoms. The van der Waals surface area contributed by atoms with Crippen molar-refractivity contribution < 1.29 is 9.90 Å². The summed E-state index contributed by atoms with van der Waals surface area (Å²) < 4.78 is 0. The summed E-state index contributed by atoms with van der Waals surface area (Å²) >= 11 is 0. The van der Waals surface area contributed by atoms with Crippen molar-refractivity contribution in [3.63, 3.8) is 0 Å². The molecule has 1 unspecified atom stereocenters. The van der Waals surface area contributed by atoms with Crippen LogP contribution in [-0.2, 0) is 6.54 Å². The number of aliphatic hydroxyl groups excluding tert-OH is 1. The molecular weight excluding hydrogens is 266 g/mol. The van der Waals surface area contributed by atoms with Crippen LogP contribution in [0.3, 0.4) is 0 Å². The Bertz CT molecular complexity index is 596. The molecule has 0 saturated heterocycles. The molecule has 0 radical (unpaired) electrons. The van der Waals surface area contributed by atoms with Gasteiger partial charge in [0, 0.05) is 24.2 Å². The lowest BCUT2D eigenvalue weighted by Gasteiger charge is -2.14. The van der Waals surface area contributed by atoms with Crippen LogP contribution in [0, 0.1) is 0 Å². The molecule has 1 aromatic heterocycles. The number of amides is 2. The minimum atomic E-state index is -0.213. The first-order valence-corrected chi connectivity index (χ1v) is 7.18. The first kappa shape index (κ1) is 15.3. The van der Waals surface area contributed by atoms with Gasteiger partial charge in [-0.3, -0.25) is 4.98 Å². The molecule has 112 valence electrons. The van der Waals surface area contributed by atoms with Crippen LogP contribution in [0.2, 0.25) is 0 Å². The zero-order valence-electron chi connectivity index (χ0n) is 12.2. The SMILES string of the molecule is CC(CCCO)NC(=O)NCc1nccc2ccccc12. The number of urea groups is 1. The number of fused-ring (bicyclic) bond motifs is 1. The number of aromatic nitrogens is 1. The summed E-state index contributed by atoms with van der Waals surface area (Å²) in [5, 5.41) is 16.6. The molecule has 1 aromatic carbocycles. The maximum Gasteiger partial charge on any atom is 0.315 e. The van der Waals surface area contributed by atoms with Gasteiger partial charge in [-0.15, -0.1) is 0 Å². The highest BCUT2D eigenvalue weighted by Gasteiger charge is 2.08. The summed E-state index contributed by atoms with van der Waals surface area (Å²) in [7, 11) is 0. The minimum absolute atomic E-state index is 0.0395. The lowest BCUT2D eigenvalue weighted by molar-refractivity contribution is 0.234. The number of nitrogens with one attached hydrogen (secondary N) is 2. The smallest absolute Gasteiger partial charge is 0.315 e. The number of rotatable bonds is 6. The van der Waals surface area contributed by atoms with E-state index in [4.69, 9.17) is 5.11 Å². The lowest BCUT2D eigenvalue weighted by Crippen LogP contribution is -2.40. The van der Waals surface area contributed by atoms with Gasteiger partial charge in [0.15, 0.2) is 0 Å². The largest absolute Gasteiger partial charge is 0.396 e. The summed E-state index contributed by atoms with van der Waals surface area (Å²) in [6.45, 7) is 2.46. The van der Waals surface area contributed by atoms with E-state index in [-0.39, 0.29) is 18.7 Å². The maximum absolute atomic E-state index is 11.8. The predicted octanol–water partition coefficient (Wildman–Crippen LogP) is 2.20. The van der Waals surface area contributed by atoms with E-state index in [1.807, 2.05) is 37.3 Å². The van der Waals surface area contributed by atoms with Crippen molar-refractivity contribution in [2.75, 3.05) is 6.61 Å². The van der Waals surface area contributed by atoms with Gasteiger partial charge in [0.1, 0.15) is 0 Å². The molecule has 5 nitrogen and oxygen atoms in total. The van der Waals surface area contributed by atoms with Crippen molar-refractivity contribution in [1.29, 1.82) is 0 Å². The summed E-state index contributed by atoms with van der Waals surface area (Å²) in [6, 6.07) is 9.75. The summed E-state index contributed by atoms with van der Waals surface area (Å²) in [5.41, 5.74) is 0.853. The number of hydrogen-bond acceptors (Lipinski definition) is 3. The van der Waals surface area contributed by atoms with Crippen molar-refractivity contribution in [2.45, 2.75) is 32.4 Å². The number of benzene rings is 1. The predicted molar refractivity (Wildman–Crippen MR) is 82.9 cm³/mol. The summed E-state index contributed by atoms with van der Waals surface area (Å²) in [5.74, 6) is 0. The van der Waals surface area contributed by atoms with Gasteiger partial charge in [0.05, 0.1) is 12.2 Å². The van der Waals surface area contributed by atoms with Crippen molar-refractivity contribution in [3.05, 3.63) is 42.2 Å². The third-order valence-electron chi connectivity index (χ3n) is 3.35. The van der Waals surface area contributed by atoms with Gasteiger partial charge < -0.3 is 15.7 Å². The van der Waals surface area contributed by atoms with Crippen LogP contribution in [0.5, 0.6) is 0 Å².